The largest absolute Gasteiger partial charge is 0.342 e. The number of rotatable bonds is 19. The summed E-state index contributed by atoms with van der Waals surface area (Å²) < 4.78 is 0. The molecule has 0 saturated heterocycles. The van der Waals surface area contributed by atoms with Gasteiger partial charge in [-0.2, -0.15) is 4.89 Å². The average Bonchev–Trinajstić information content (AvgIpc) is 2.58. The summed E-state index contributed by atoms with van der Waals surface area (Å²) in [4.78, 5) is 19.8. The Labute approximate surface area is 150 Å². The van der Waals surface area contributed by atoms with Gasteiger partial charge in [0, 0.05) is 6.42 Å². The van der Waals surface area contributed by atoms with Crippen LogP contribution >= 0.6 is 0 Å². The molecule has 144 valence electrons. The number of unbranched alkanes of at least 4 members (excludes halogenated alkanes) is 16. The summed E-state index contributed by atoms with van der Waals surface area (Å²) in [6.45, 7) is 2.28. The highest BCUT2D eigenvalue weighted by Crippen LogP contribution is 2.14. The Balaban J connectivity index is 3.01. The molecule has 0 N–H and O–H groups in total. The smallest absolute Gasteiger partial charge is 0.299 e. The van der Waals surface area contributed by atoms with E-state index in [1.54, 1.807) is 0 Å². The van der Waals surface area contributed by atoms with Crippen LogP contribution < -0.4 is 0 Å². The van der Waals surface area contributed by atoms with Gasteiger partial charge < -0.3 is 0 Å². The molecular weight excluding hydrogens is 300 g/mol. The van der Waals surface area contributed by atoms with Crippen LogP contribution in [0.25, 0.3) is 0 Å². The van der Waals surface area contributed by atoms with Crippen LogP contribution in [-0.4, -0.2) is 13.1 Å². The van der Waals surface area contributed by atoms with E-state index in [0.717, 1.165) is 12.8 Å². The summed E-state index contributed by atoms with van der Waals surface area (Å²) in [6.07, 6.45) is 23.4. The summed E-state index contributed by atoms with van der Waals surface area (Å²) >= 11 is 0. The molecule has 0 rings (SSSR count). The van der Waals surface area contributed by atoms with Gasteiger partial charge in [-0.3, -0.25) is 4.89 Å². The fraction of sp³-hybridized carbons (Fsp3) is 0.952. The summed E-state index contributed by atoms with van der Waals surface area (Å²) in [6, 6.07) is 0. The summed E-state index contributed by atoms with van der Waals surface area (Å²) in [5, 5.41) is 0. The SMILES string of the molecule is CCCCCCCCCCCCCCCCCCCC(=O)OOC. The summed E-state index contributed by atoms with van der Waals surface area (Å²) in [5.41, 5.74) is 0. The molecular formula is C21H42O3. The van der Waals surface area contributed by atoms with Crippen molar-refractivity contribution in [3.63, 3.8) is 0 Å². The lowest BCUT2D eigenvalue weighted by Crippen LogP contribution is -2.02. The van der Waals surface area contributed by atoms with E-state index in [1.165, 1.54) is 103 Å². The van der Waals surface area contributed by atoms with E-state index in [1.807, 2.05) is 0 Å². The Hall–Kier alpha value is -0.570. The molecule has 0 aromatic heterocycles. The van der Waals surface area contributed by atoms with Gasteiger partial charge >= 0.3 is 5.97 Å². The van der Waals surface area contributed by atoms with Crippen molar-refractivity contribution in [3.8, 4) is 0 Å². The highest BCUT2D eigenvalue weighted by molar-refractivity contribution is 5.68. The minimum atomic E-state index is -0.251. The van der Waals surface area contributed by atoms with Gasteiger partial charge in [0.1, 0.15) is 0 Å². The zero-order valence-electron chi connectivity index (χ0n) is 16.5. The first-order valence-electron chi connectivity index (χ1n) is 10.5. The van der Waals surface area contributed by atoms with Crippen LogP contribution in [0.2, 0.25) is 0 Å². The zero-order chi connectivity index (χ0) is 17.7. The normalized spacial score (nSPS) is 10.9. The van der Waals surface area contributed by atoms with Gasteiger partial charge in [0.2, 0.25) is 0 Å². The molecule has 3 nitrogen and oxygen atoms in total. The first-order chi connectivity index (χ1) is 11.8. The highest BCUT2D eigenvalue weighted by atomic mass is 17.2. The van der Waals surface area contributed by atoms with Gasteiger partial charge in [-0.05, 0) is 6.42 Å². The molecule has 24 heavy (non-hydrogen) atoms. The molecule has 0 spiro atoms. The van der Waals surface area contributed by atoms with Gasteiger partial charge in [0.15, 0.2) is 0 Å². The maximum Gasteiger partial charge on any atom is 0.342 e. The molecule has 0 saturated carbocycles. The predicted octanol–water partition coefficient (Wildman–Crippen LogP) is 7.13. The van der Waals surface area contributed by atoms with Crippen molar-refractivity contribution < 1.29 is 14.6 Å². The van der Waals surface area contributed by atoms with Gasteiger partial charge in [-0.1, -0.05) is 110 Å². The van der Waals surface area contributed by atoms with Crippen LogP contribution in [0, 0.1) is 0 Å². The first-order valence-corrected chi connectivity index (χ1v) is 10.5. The van der Waals surface area contributed by atoms with E-state index in [0.29, 0.717) is 6.42 Å². The summed E-state index contributed by atoms with van der Waals surface area (Å²) in [7, 11) is 1.37. The van der Waals surface area contributed by atoms with Crippen LogP contribution in [-0.2, 0) is 14.6 Å². The molecule has 0 amide bonds. The van der Waals surface area contributed by atoms with Gasteiger partial charge in [0.05, 0.1) is 7.11 Å². The van der Waals surface area contributed by atoms with Crippen LogP contribution in [0.15, 0.2) is 0 Å². The first kappa shape index (κ1) is 23.4. The molecule has 0 aliphatic heterocycles. The number of hydrogen-bond donors (Lipinski definition) is 0. The minimum absolute atomic E-state index is 0.251. The third-order valence-corrected chi connectivity index (χ3v) is 4.66. The Morgan fingerprint density at radius 3 is 1.25 bits per heavy atom. The molecule has 0 heterocycles. The Morgan fingerprint density at radius 1 is 0.583 bits per heavy atom. The van der Waals surface area contributed by atoms with Gasteiger partial charge in [-0.15, -0.1) is 0 Å². The second kappa shape index (κ2) is 20.5. The maximum absolute atomic E-state index is 11.1. The molecule has 0 fully saturated rings. The van der Waals surface area contributed by atoms with Crippen molar-refractivity contribution in [2.24, 2.45) is 0 Å². The standard InChI is InChI=1S/C21H42O3/c1-3-4-5-6-7-8-9-10-11-12-13-14-15-16-17-18-19-20-21(22)24-23-2/h3-20H2,1-2H3. The van der Waals surface area contributed by atoms with E-state index in [-0.39, 0.29) is 5.97 Å². The molecule has 0 atom stereocenters. The molecule has 0 bridgehead atoms. The lowest BCUT2D eigenvalue weighted by atomic mass is 10.0. The molecule has 3 heteroatoms. The van der Waals surface area contributed by atoms with Crippen molar-refractivity contribution in [3.05, 3.63) is 0 Å². The van der Waals surface area contributed by atoms with Gasteiger partial charge in [-0.25, -0.2) is 4.79 Å². The molecule has 0 aromatic rings. The third-order valence-electron chi connectivity index (χ3n) is 4.66. The van der Waals surface area contributed by atoms with Crippen molar-refractivity contribution in [2.75, 3.05) is 7.11 Å². The molecule has 0 aliphatic carbocycles. The van der Waals surface area contributed by atoms with Crippen LogP contribution in [0.4, 0.5) is 0 Å². The third kappa shape index (κ3) is 19.5. The van der Waals surface area contributed by atoms with Gasteiger partial charge in [0.25, 0.3) is 0 Å². The molecule has 0 unspecified atom stereocenters. The van der Waals surface area contributed by atoms with Crippen molar-refractivity contribution in [1.82, 2.24) is 0 Å². The van der Waals surface area contributed by atoms with E-state index in [2.05, 4.69) is 16.7 Å². The zero-order valence-corrected chi connectivity index (χ0v) is 16.5. The topological polar surface area (TPSA) is 35.5 Å². The number of hydrogen-bond acceptors (Lipinski definition) is 3. The quantitative estimate of drug-likeness (QED) is 0.142. The minimum Gasteiger partial charge on any atom is -0.299 e. The number of carbonyl (C=O) groups is 1. The van der Waals surface area contributed by atoms with E-state index in [4.69, 9.17) is 0 Å². The van der Waals surface area contributed by atoms with Crippen LogP contribution in [0.5, 0.6) is 0 Å². The second-order valence-corrected chi connectivity index (χ2v) is 7.03. The van der Waals surface area contributed by atoms with E-state index in [9.17, 15) is 4.79 Å². The van der Waals surface area contributed by atoms with E-state index < -0.39 is 0 Å². The molecule has 0 radical (unpaired) electrons. The van der Waals surface area contributed by atoms with Crippen molar-refractivity contribution >= 4 is 5.97 Å². The predicted molar refractivity (Wildman–Crippen MR) is 102 cm³/mol. The second-order valence-electron chi connectivity index (χ2n) is 7.03. The average molecular weight is 343 g/mol. The fourth-order valence-electron chi connectivity index (χ4n) is 3.13. The number of carbonyl (C=O) groups excluding carboxylic acids is 1. The van der Waals surface area contributed by atoms with Crippen LogP contribution in [0.3, 0.4) is 0 Å². The lowest BCUT2D eigenvalue weighted by Gasteiger charge is -2.03. The highest BCUT2D eigenvalue weighted by Gasteiger charge is 2.02. The molecule has 0 aromatic carbocycles. The van der Waals surface area contributed by atoms with Crippen LogP contribution in [0.1, 0.15) is 122 Å². The fourth-order valence-corrected chi connectivity index (χ4v) is 3.13. The Bertz CT molecular complexity index is 253. The molecule has 0 aliphatic rings. The van der Waals surface area contributed by atoms with Crippen molar-refractivity contribution in [2.45, 2.75) is 122 Å². The van der Waals surface area contributed by atoms with Crippen molar-refractivity contribution in [1.29, 1.82) is 0 Å². The monoisotopic (exact) mass is 342 g/mol. The maximum atomic E-state index is 11.1. The summed E-state index contributed by atoms with van der Waals surface area (Å²) in [5.74, 6) is -0.251. The van der Waals surface area contributed by atoms with E-state index >= 15 is 0 Å². The Kier molecular flexibility index (Phi) is 20.0. The lowest BCUT2D eigenvalue weighted by molar-refractivity contribution is -0.255. The Morgan fingerprint density at radius 2 is 0.917 bits per heavy atom.